The smallest absolute Gasteiger partial charge is 0.309 e. The van der Waals surface area contributed by atoms with Crippen LogP contribution in [0.2, 0.25) is 25.2 Å². The van der Waals surface area contributed by atoms with Crippen molar-refractivity contribution in [2.75, 3.05) is 0 Å². The second-order valence-corrected chi connectivity index (χ2v) is 12.9. The average Bonchev–Trinajstić information content (AvgIpc) is 2.36. The van der Waals surface area contributed by atoms with Crippen LogP contribution in [0, 0.1) is 11.8 Å². The predicted octanol–water partition coefficient (Wildman–Crippen LogP) is 3.91. The molecule has 3 nitrogen and oxygen atoms in total. The van der Waals surface area contributed by atoms with Crippen molar-refractivity contribution in [3.63, 3.8) is 0 Å². The second-order valence-electron chi connectivity index (χ2n) is 7.29. The molecule has 0 aromatic heterocycles. The van der Waals surface area contributed by atoms with Crippen molar-refractivity contribution < 1.29 is 15.0 Å². The van der Waals surface area contributed by atoms with Crippen LogP contribution in [0.25, 0.3) is 0 Å². The van der Waals surface area contributed by atoms with E-state index < -0.39 is 26.1 Å². The predicted molar refractivity (Wildman–Crippen MR) is 85.6 cm³/mol. The average molecular weight is 298 g/mol. The molecule has 3 atom stereocenters. The molecule has 1 aliphatic rings. The maximum Gasteiger partial charge on any atom is 0.309 e. The first-order valence-electron chi connectivity index (χ1n) is 7.82. The first kappa shape index (κ1) is 17.4. The van der Waals surface area contributed by atoms with Crippen LogP contribution in [0.15, 0.2) is 12.2 Å². The topological polar surface area (TPSA) is 57.5 Å². The third kappa shape index (κ3) is 5.06. The first-order valence-corrected chi connectivity index (χ1v) is 11.4. The summed E-state index contributed by atoms with van der Waals surface area (Å²) in [6.45, 7) is 8.45. The zero-order valence-electron chi connectivity index (χ0n) is 13.3. The summed E-state index contributed by atoms with van der Waals surface area (Å²) in [6.07, 6.45) is 9.07. The van der Waals surface area contributed by atoms with Crippen LogP contribution < -0.4 is 0 Å². The Balaban J connectivity index is 2.71. The van der Waals surface area contributed by atoms with Crippen LogP contribution in [0.5, 0.6) is 0 Å². The van der Waals surface area contributed by atoms with Crippen molar-refractivity contribution >= 4 is 14.0 Å². The molecule has 0 radical (unpaired) electrons. The number of aliphatic carboxylic acids is 1. The van der Waals surface area contributed by atoms with Gasteiger partial charge in [-0.25, -0.2) is 0 Å². The highest BCUT2D eigenvalue weighted by Gasteiger charge is 2.38. The fourth-order valence-electron chi connectivity index (χ4n) is 2.91. The zero-order valence-corrected chi connectivity index (χ0v) is 14.3. The highest BCUT2D eigenvalue weighted by Crippen LogP contribution is 2.33. The Morgan fingerprint density at radius 2 is 1.75 bits per heavy atom. The summed E-state index contributed by atoms with van der Waals surface area (Å²) in [5.41, 5.74) is 0.0472. The van der Waals surface area contributed by atoms with Gasteiger partial charge in [0.2, 0.25) is 0 Å². The van der Waals surface area contributed by atoms with Gasteiger partial charge in [-0.05, 0) is 24.3 Å². The van der Waals surface area contributed by atoms with Gasteiger partial charge in [-0.2, -0.15) is 0 Å². The molecule has 0 aromatic carbocycles. The summed E-state index contributed by atoms with van der Waals surface area (Å²) in [5, 5.41) is 19.7. The van der Waals surface area contributed by atoms with Crippen LogP contribution >= 0.6 is 0 Å². The Hall–Kier alpha value is -0.613. The van der Waals surface area contributed by atoms with Gasteiger partial charge < -0.3 is 10.2 Å². The second kappa shape index (κ2) is 7.41. The molecule has 20 heavy (non-hydrogen) atoms. The summed E-state index contributed by atoms with van der Waals surface area (Å²) in [4.78, 5) is 11.5. The van der Waals surface area contributed by atoms with E-state index in [0.717, 1.165) is 0 Å². The number of allylic oxidation sites excluding steroid dienone is 1. The molecule has 2 N–H and O–H groups in total. The minimum atomic E-state index is -1.59. The fourth-order valence-corrected chi connectivity index (χ4v) is 4.33. The highest BCUT2D eigenvalue weighted by molar-refractivity contribution is 6.77. The lowest BCUT2D eigenvalue weighted by atomic mass is 9.88. The molecular weight excluding hydrogens is 268 g/mol. The molecule has 1 fully saturated rings. The molecule has 1 aliphatic carbocycles. The van der Waals surface area contributed by atoms with Crippen LogP contribution in [-0.2, 0) is 4.79 Å². The van der Waals surface area contributed by atoms with Gasteiger partial charge in [-0.3, -0.25) is 4.79 Å². The standard InChI is InChI=1S/C16H30O3Si/c1-12(20(2,3)4)15(16(18)19)14(17)11-10-13-8-6-5-7-9-13/h10-15,17H,5-9H2,1-4H3,(H,18,19)/b11-10+/t12-,14-,15+/m0/s1. The Labute approximate surface area is 124 Å². The molecule has 1 rings (SSSR count). The Morgan fingerprint density at radius 3 is 2.20 bits per heavy atom. The summed E-state index contributed by atoms with van der Waals surface area (Å²) >= 11 is 0. The molecule has 0 amide bonds. The van der Waals surface area contributed by atoms with Crippen molar-refractivity contribution in [1.29, 1.82) is 0 Å². The van der Waals surface area contributed by atoms with Crippen LogP contribution in [-0.4, -0.2) is 30.4 Å². The van der Waals surface area contributed by atoms with E-state index in [9.17, 15) is 15.0 Å². The van der Waals surface area contributed by atoms with Gasteiger partial charge in [-0.15, -0.1) is 0 Å². The van der Waals surface area contributed by atoms with Gasteiger partial charge in [0, 0.05) is 8.07 Å². The molecule has 0 unspecified atom stereocenters. The van der Waals surface area contributed by atoms with E-state index >= 15 is 0 Å². The largest absolute Gasteiger partial charge is 0.481 e. The molecule has 0 saturated heterocycles. The van der Waals surface area contributed by atoms with Crippen molar-refractivity contribution in [2.24, 2.45) is 11.8 Å². The van der Waals surface area contributed by atoms with Gasteiger partial charge in [0.25, 0.3) is 0 Å². The van der Waals surface area contributed by atoms with Crippen molar-refractivity contribution in [1.82, 2.24) is 0 Å². The lowest BCUT2D eigenvalue weighted by Gasteiger charge is -2.32. The van der Waals surface area contributed by atoms with Gasteiger partial charge >= 0.3 is 5.97 Å². The number of aliphatic hydroxyl groups is 1. The molecule has 0 bridgehead atoms. The van der Waals surface area contributed by atoms with E-state index in [1.54, 1.807) is 6.08 Å². The Kier molecular flexibility index (Phi) is 6.46. The fraction of sp³-hybridized carbons (Fsp3) is 0.812. The third-order valence-corrected chi connectivity index (χ3v) is 7.88. The lowest BCUT2D eigenvalue weighted by Crippen LogP contribution is -2.40. The van der Waals surface area contributed by atoms with Crippen LogP contribution in [0.3, 0.4) is 0 Å². The summed E-state index contributed by atoms with van der Waals surface area (Å²) < 4.78 is 0. The minimum Gasteiger partial charge on any atom is -0.481 e. The molecular formula is C16H30O3Si. The molecule has 116 valence electrons. The molecule has 0 aliphatic heterocycles. The molecule has 0 spiro atoms. The first-order chi connectivity index (χ1) is 9.23. The monoisotopic (exact) mass is 298 g/mol. The van der Waals surface area contributed by atoms with E-state index in [4.69, 9.17) is 0 Å². The molecule has 1 saturated carbocycles. The molecule has 4 heteroatoms. The number of carboxylic acids is 1. The Bertz CT molecular complexity index is 340. The van der Waals surface area contributed by atoms with E-state index in [1.807, 2.05) is 6.92 Å². The summed E-state index contributed by atoms with van der Waals surface area (Å²) in [6, 6.07) is 0. The van der Waals surface area contributed by atoms with Crippen LogP contribution in [0.1, 0.15) is 39.0 Å². The van der Waals surface area contributed by atoms with Gasteiger partial charge in [0.05, 0.1) is 12.0 Å². The van der Waals surface area contributed by atoms with E-state index in [0.29, 0.717) is 5.92 Å². The summed E-state index contributed by atoms with van der Waals surface area (Å²) in [5.74, 6) is -1.03. The maximum atomic E-state index is 11.5. The zero-order chi connectivity index (χ0) is 15.3. The van der Waals surface area contributed by atoms with Crippen molar-refractivity contribution in [3.05, 3.63) is 12.2 Å². The van der Waals surface area contributed by atoms with E-state index in [-0.39, 0.29) is 5.54 Å². The number of aliphatic hydroxyl groups excluding tert-OH is 1. The Morgan fingerprint density at radius 1 is 1.20 bits per heavy atom. The van der Waals surface area contributed by atoms with E-state index in [1.165, 1.54) is 32.1 Å². The minimum absolute atomic E-state index is 0.0472. The lowest BCUT2D eigenvalue weighted by molar-refractivity contribution is -0.144. The van der Waals surface area contributed by atoms with Crippen molar-refractivity contribution in [3.8, 4) is 0 Å². The summed E-state index contributed by atoms with van der Waals surface area (Å²) in [7, 11) is -1.59. The van der Waals surface area contributed by atoms with Gasteiger partial charge in [-0.1, -0.05) is 58.0 Å². The SMILES string of the molecule is C[C@@H]([C@@H](C(=O)O)[C@@H](O)/C=C/C1CCCCC1)[Si](C)(C)C. The number of rotatable bonds is 6. The maximum absolute atomic E-state index is 11.5. The number of hydrogen-bond donors (Lipinski definition) is 2. The quantitative estimate of drug-likeness (QED) is 0.577. The number of hydrogen-bond acceptors (Lipinski definition) is 2. The third-order valence-electron chi connectivity index (χ3n) is 4.79. The number of carboxylic acid groups (broad SMARTS) is 1. The van der Waals surface area contributed by atoms with Gasteiger partial charge in [0.15, 0.2) is 0 Å². The highest BCUT2D eigenvalue weighted by atomic mass is 28.3. The van der Waals surface area contributed by atoms with E-state index in [2.05, 4.69) is 25.7 Å². The molecule has 0 aromatic rings. The number of carbonyl (C=O) groups is 1. The normalized spacial score (nSPS) is 22.6. The van der Waals surface area contributed by atoms with Crippen LogP contribution in [0.4, 0.5) is 0 Å². The van der Waals surface area contributed by atoms with Gasteiger partial charge in [0.1, 0.15) is 0 Å². The molecule has 0 heterocycles. The van der Waals surface area contributed by atoms with Crippen molar-refractivity contribution in [2.45, 2.75) is 70.3 Å².